The van der Waals surface area contributed by atoms with Gasteiger partial charge in [0.2, 0.25) is 5.95 Å². The van der Waals surface area contributed by atoms with Crippen molar-refractivity contribution in [3.8, 4) is 5.75 Å². The lowest BCUT2D eigenvalue weighted by molar-refractivity contribution is 0.100. The summed E-state index contributed by atoms with van der Waals surface area (Å²) in [7, 11) is 3.78. The highest BCUT2D eigenvalue weighted by atomic mass is 16.5. The number of fused-ring (bicyclic) bond motifs is 1. The second-order valence-electron chi connectivity index (χ2n) is 7.88. The summed E-state index contributed by atoms with van der Waals surface area (Å²) in [5, 5.41) is 6.63. The lowest BCUT2D eigenvalue weighted by Crippen LogP contribution is -2.26. The summed E-state index contributed by atoms with van der Waals surface area (Å²) in [5.41, 5.74) is 9.20. The zero-order valence-electron chi connectivity index (χ0n) is 17.0. The van der Waals surface area contributed by atoms with Gasteiger partial charge in [0.15, 0.2) is 0 Å². The summed E-state index contributed by atoms with van der Waals surface area (Å²) in [6, 6.07) is 4.49. The smallest absolute Gasteiger partial charge is 0.254 e. The third-order valence-electron chi connectivity index (χ3n) is 5.72. The van der Waals surface area contributed by atoms with Crippen molar-refractivity contribution in [2.75, 3.05) is 31.3 Å². The number of ether oxygens (including phenoxy) is 1. The molecule has 0 radical (unpaired) electrons. The van der Waals surface area contributed by atoms with E-state index in [-0.39, 0.29) is 0 Å². The van der Waals surface area contributed by atoms with Crippen molar-refractivity contribution >= 4 is 23.4 Å². The standard InChI is InChI=1S/C21H28N6O2/c1-27-8-7-13-10-18(29-2)17(9-14(13)12-27)25-21-23-11-16(19(22)28)20(26-21)24-15-5-3-4-6-15/h9-11,15H,3-8,12H2,1-2H3,(H2,22,28)(H2,23,24,25,26). The van der Waals surface area contributed by atoms with Crippen LogP contribution in [0.1, 0.15) is 47.2 Å². The Hall–Kier alpha value is -2.87. The highest BCUT2D eigenvalue weighted by molar-refractivity contribution is 5.97. The van der Waals surface area contributed by atoms with Crippen molar-refractivity contribution in [2.45, 2.75) is 44.7 Å². The number of primary amides is 1. The van der Waals surface area contributed by atoms with Gasteiger partial charge in [-0.2, -0.15) is 4.98 Å². The van der Waals surface area contributed by atoms with Crippen LogP contribution in [0.5, 0.6) is 5.75 Å². The van der Waals surface area contributed by atoms with Gasteiger partial charge < -0.3 is 26.0 Å². The largest absolute Gasteiger partial charge is 0.495 e. The minimum Gasteiger partial charge on any atom is -0.495 e. The topological polar surface area (TPSA) is 105 Å². The van der Waals surface area contributed by atoms with Gasteiger partial charge in [-0.3, -0.25) is 4.79 Å². The molecule has 1 aromatic carbocycles. The number of hydrogen-bond donors (Lipinski definition) is 3. The Labute approximate surface area is 170 Å². The second-order valence-corrected chi connectivity index (χ2v) is 7.88. The molecule has 1 aromatic heterocycles. The Morgan fingerprint density at radius 1 is 1.28 bits per heavy atom. The van der Waals surface area contributed by atoms with Crippen molar-refractivity contribution in [3.05, 3.63) is 35.0 Å². The minimum atomic E-state index is -0.536. The van der Waals surface area contributed by atoms with Gasteiger partial charge in [0, 0.05) is 25.3 Å². The van der Waals surface area contributed by atoms with Crippen LogP contribution in [0.3, 0.4) is 0 Å². The van der Waals surface area contributed by atoms with E-state index in [1.807, 2.05) is 0 Å². The van der Waals surface area contributed by atoms with Gasteiger partial charge in [0.25, 0.3) is 5.91 Å². The van der Waals surface area contributed by atoms with E-state index < -0.39 is 5.91 Å². The van der Waals surface area contributed by atoms with Crippen LogP contribution in [0.15, 0.2) is 18.3 Å². The number of amides is 1. The lowest BCUT2D eigenvalue weighted by atomic mass is 9.99. The number of anilines is 3. The Kier molecular flexibility index (Phi) is 5.53. The van der Waals surface area contributed by atoms with Gasteiger partial charge in [0.05, 0.1) is 18.4 Å². The predicted molar refractivity (Wildman–Crippen MR) is 113 cm³/mol. The number of likely N-dealkylation sites (N-methyl/N-ethyl adjacent to an activating group) is 1. The molecule has 0 saturated heterocycles. The van der Waals surface area contributed by atoms with E-state index in [2.05, 4.69) is 44.7 Å². The maximum Gasteiger partial charge on any atom is 0.254 e. The van der Waals surface area contributed by atoms with E-state index in [4.69, 9.17) is 10.5 Å². The van der Waals surface area contributed by atoms with Gasteiger partial charge in [-0.05, 0) is 49.6 Å². The average molecular weight is 396 g/mol. The molecule has 0 atom stereocenters. The number of carbonyl (C=O) groups is 1. The number of methoxy groups -OCH3 is 1. The van der Waals surface area contributed by atoms with Gasteiger partial charge in [0.1, 0.15) is 11.6 Å². The SMILES string of the molecule is COc1cc2c(cc1Nc1ncc(C(N)=O)c(NC3CCCC3)n1)CN(C)CC2. The highest BCUT2D eigenvalue weighted by Crippen LogP contribution is 2.33. The van der Waals surface area contributed by atoms with Crippen molar-refractivity contribution in [1.29, 1.82) is 0 Å². The van der Waals surface area contributed by atoms with E-state index in [0.29, 0.717) is 23.4 Å². The van der Waals surface area contributed by atoms with Crippen molar-refractivity contribution in [3.63, 3.8) is 0 Å². The second kappa shape index (κ2) is 8.24. The van der Waals surface area contributed by atoms with E-state index in [1.165, 1.54) is 30.2 Å². The Morgan fingerprint density at radius 3 is 2.79 bits per heavy atom. The third kappa shape index (κ3) is 4.27. The summed E-state index contributed by atoms with van der Waals surface area (Å²) in [4.78, 5) is 23.0. The highest BCUT2D eigenvalue weighted by Gasteiger charge is 2.21. The Bertz CT molecular complexity index is 910. The van der Waals surface area contributed by atoms with Crippen LogP contribution in [0, 0.1) is 0 Å². The van der Waals surface area contributed by atoms with Gasteiger partial charge in [-0.15, -0.1) is 0 Å². The number of nitrogens with zero attached hydrogens (tertiary/aromatic N) is 3. The van der Waals surface area contributed by atoms with Crippen LogP contribution in [0.2, 0.25) is 0 Å². The number of nitrogens with two attached hydrogens (primary N) is 1. The molecular weight excluding hydrogens is 368 g/mol. The fraction of sp³-hybridized carbons (Fsp3) is 0.476. The maximum absolute atomic E-state index is 11.8. The Morgan fingerprint density at radius 2 is 2.07 bits per heavy atom. The fourth-order valence-electron chi connectivity index (χ4n) is 4.11. The maximum atomic E-state index is 11.8. The van der Waals surface area contributed by atoms with E-state index >= 15 is 0 Å². The van der Waals surface area contributed by atoms with Gasteiger partial charge in [-0.25, -0.2) is 4.98 Å². The number of benzene rings is 1. The van der Waals surface area contributed by atoms with Crippen molar-refractivity contribution in [1.82, 2.24) is 14.9 Å². The van der Waals surface area contributed by atoms with Gasteiger partial charge in [-0.1, -0.05) is 12.8 Å². The first-order valence-electron chi connectivity index (χ1n) is 10.1. The summed E-state index contributed by atoms with van der Waals surface area (Å²) < 4.78 is 5.59. The number of carbonyl (C=O) groups excluding carboxylic acids is 1. The monoisotopic (exact) mass is 396 g/mol. The molecule has 4 rings (SSSR count). The molecule has 0 unspecified atom stereocenters. The number of rotatable bonds is 6. The molecule has 0 bridgehead atoms. The van der Waals surface area contributed by atoms with Crippen LogP contribution in [-0.2, 0) is 13.0 Å². The summed E-state index contributed by atoms with van der Waals surface area (Å²) in [5.74, 6) is 1.10. The zero-order chi connectivity index (χ0) is 20.4. The minimum absolute atomic E-state index is 0.307. The molecule has 1 saturated carbocycles. The quantitative estimate of drug-likeness (QED) is 0.689. The molecule has 1 aliphatic heterocycles. The lowest BCUT2D eigenvalue weighted by Gasteiger charge is -2.26. The van der Waals surface area contributed by atoms with Crippen LogP contribution in [0.4, 0.5) is 17.5 Å². The molecule has 2 aliphatic rings. The molecular formula is C21H28N6O2. The molecule has 2 aromatic rings. The van der Waals surface area contributed by atoms with Crippen molar-refractivity contribution < 1.29 is 9.53 Å². The average Bonchev–Trinajstić information content (AvgIpc) is 3.20. The van der Waals surface area contributed by atoms with Crippen LogP contribution < -0.4 is 21.1 Å². The summed E-state index contributed by atoms with van der Waals surface area (Å²) >= 11 is 0. The summed E-state index contributed by atoms with van der Waals surface area (Å²) in [6.45, 7) is 1.93. The molecule has 8 nitrogen and oxygen atoms in total. The predicted octanol–water partition coefficient (Wildman–Crippen LogP) is 2.67. The normalized spacial score (nSPS) is 17.0. The molecule has 8 heteroatoms. The molecule has 1 amide bonds. The van der Waals surface area contributed by atoms with Crippen molar-refractivity contribution in [2.24, 2.45) is 5.73 Å². The number of hydrogen-bond acceptors (Lipinski definition) is 7. The molecule has 1 aliphatic carbocycles. The first-order valence-corrected chi connectivity index (χ1v) is 10.1. The zero-order valence-corrected chi connectivity index (χ0v) is 17.0. The van der Waals surface area contributed by atoms with Crippen LogP contribution in [0.25, 0.3) is 0 Å². The third-order valence-corrected chi connectivity index (χ3v) is 5.72. The summed E-state index contributed by atoms with van der Waals surface area (Å²) in [6.07, 6.45) is 6.98. The number of aromatic nitrogens is 2. The molecule has 1 fully saturated rings. The number of nitrogens with one attached hydrogen (secondary N) is 2. The van der Waals surface area contributed by atoms with Crippen LogP contribution in [-0.4, -0.2) is 47.5 Å². The Balaban J connectivity index is 1.63. The molecule has 29 heavy (non-hydrogen) atoms. The fourth-order valence-corrected chi connectivity index (χ4v) is 4.11. The van der Waals surface area contributed by atoms with E-state index in [0.717, 1.165) is 43.8 Å². The van der Waals surface area contributed by atoms with Crippen LogP contribution >= 0.6 is 0 Å². The molecule has 2 heterocycles. The van der Waals surface area contributed by atoms with E-state index in [9.17, 15) is 4.79 Å². The molecule has 4 N–H and O–H groups in total. The molecule has 0 spiro atoms. The first kappa shape index (κ1) is 19.4. The molecule has 154 valence electrons. The van der Waals surface area contributed by atoms with E-state index in [1.54, 1.807) is 7.11 Å². The first-order chi connectivity index (χ1) is 14.0. The van der Waals surface area contributed by atoms with Gasteiger partial charge >= 0.3 is 0 Å².